The zero-order valence-corrected chi connectivity index (χ0v) is 11.5. The van der Waals surface area contributed by atoms with Gasteiger partial charge in [-0.05, 0) is 33.2 Å². The second-order valence-corrected chi connectivity index (χ2v) is 4.57. The van der Waals surface area contributed by atoms with Crippen molar-refractivity contribution in [1.29, 1.82) is 0 Å². The Kier molecular flexibility index (Phi) is 7.15. The van der Waals surface area contributed by atoms with Crippen LogP contribution in [0.25, 0.3) is 0 Å². The molecule has 1 heterocycles. The summed E-state index contributed by atoms with van der Waals surface area (Å²) in [5, 5.41) is 5.89. The number of nitrogens with one attached hydrogen (secondary N) is 2. The molecule has 100 valence electrons. The fourth-order valence-corrected chi connectivity index (χ4v) is 1.82. The number of hydrogen-bond acceptors (Lipinski definition) is 3. The first-order valence-electron chi connectivity index (χ1n) is 5.78. The highest BCUT2D eigenvalue weighted by molar-refractivity contribution is 5.87. The third kappa shape index (κ3) is 5.37. The van der Waals surface area contributed by atoms with Crippen LogP contribution in [0.15, 0.2) is 0 Å². The van der Waals surface area contributed by atoms with Crippen LogP contribution >= 0.6 is 12.4 Å². The first-order chi connectivity index (χ1) is 7.50. The van der Waals surface area contributed by atoms with Crippen molar-refractivity contribution in [3.8, 4) is 0 Å². The summed E-state index contributed by atoms with van der Waals surface area (Å²) < 4.78 is 0. The van der Waals surface area contributed by atoms with E-state index < -0.39 is 0 Å². The molecular weight excluding hydrogens is 242 g/mol. The van der Waals surface area contributed by atoms with Gasteiger partial charge in [0, 0.05) is 13.1 Å². The summed E-state index contributed by atoms with van der Waals surface area (Å²) in [7, 11) is 1.67. The number of carbonyl (C=O) groups is 2. The van der Waals surface area contributed by atoms with Crippen LogP contribution in [-0.2, 0) is 9.59 Å². The molecule has 0 aromatic heterocycles. The molecule has 0 spiro atoms. The summed E-state index contributed by atoms with van der Waals surface area (Å²) in [5.41, 5.74) is 0. The van der Waals surface area contributed by atoms with Gasteiger partial charge in [0.05, 0.1) is 12.6 Å². The smallest absolute Gasteiger partial charge is 0.239 e. The lowest BCUT2D eigenvalue weighted by molar-refractivity contribution is -0.136. The highest BCUT2D eigenvalue weighted by atomic mass is 35.5. The van der Waals surface area contributed by atoms with E-state index in [-0.39, 0.29) is 42.8 Å². The van der Waals surface area contributed by atoms with Crippen molar-refractivity contribution in [2.45, 2.75) is 38.8 Å². The van der Waals surface area contributed by atoms with Gasteiger partial charge in [-0.25, -0.2) is 0 Å². The molecular formula is C11H22ClN3O2. The molecule has 0 aromatic carbocycles. The van der Waals surface area contributed by atoms with E-state index in [1.807, 2.05) is 13.8 Å². The monoisotopic (exact) mass is 263 g/mol. The van der Waals surface area contributed by atoms with Crippen LogP contribution < -0.4 is 10.6 Å². The van der Waals surface area contributed by atoms with Crippen LogP contribution in [0.1, 0.15) is 26.7 Å². The van der Waals surface area contributed by atoms with Gasteiger partial charge in [0.2, 0.25) is 11.8 Å². The van der Waals surface area contributed by atoms with Gasteiger partial charge in [-0.1, -0.05) is 0 Å². The van der Waals surface area contributed by atoms with E-state index in [9.17, 15) is 9.59 Å². The van der Waals surface area contributed by atoms with Crippen LogP contribution in [0.3, 0.4) is 0 Å². The zero-order chi connectivity index (χ0) is 12.1. The lowest BCUT2D eigenvalue weighted by Gasteiger charge is -2.21. The summed E-state index contributed by atoms with van der Waals surface area (Å²) in [6.45, 7) is 4.83. The van der Waals surface area contributed by atoms with E-state index in [1.54, 1.807) is 7.05 Å². The Labute approximate surface area is 109 Å². The molecule has 0 radical (unpaired) electrons. The fraction of sp³-hybridized carbons (Fsp3) is 0.818. The number of halogens is 1. The lowest BCUT2D eigenvalue weighted by Crippen LogP contribution is -2.46. The number of hydrogen-bond donors (Lipinski definition) is 2. The molecule has 1 saturated heterocycles. The van der Waals surface area contributed by atoms with Crippen LogP contribution in [0.5, 0.6) is 0 Å². The molecule has 6 heteroatoms. The molecule has 0 saturated carbocycles. The van der Waals surface area contributed by atoms with Gasteiger partial charge in [0.15, 0.2) is 0 Å². The highest BCUT2D eigenvalue weighted by Crippen LogP contribution is 2.07. The predicted molar refractivity (Wildman–Crippen MR) is 69.2 cm³/mol. The van der Waals surface area contributed by atoms with Gasteiger partial charge in [0.25, 0.3) is 0 Å². The lowest BCUT2D eigenvalue weighted by atomic mass is 10.2. The minimum Gasteiger partial charge on any atom is -0.352 e. The van der Waals surface area contributed by atoms with Gasteiger partial charge in [0.1, 0.15) is 0 Å². The van der Waals surface area contributed by atoms with Crippen LogP contribution in [-0.4, -0.2) is 48.9 Å². The number of nitrogens with zero attached hydrogens (tertiary/aromatic N) is 1. The van der Waals surface area contributed by atoms with Crippen molar-refractivity contribution in [2.75, 3.05) is 20.1 Å². The molecule has 1 fully saturated rings. The maximum absolute atomic E-state index is 11.8. The van der Waals surface area contributed by atoms with Crippen molar-refractivity contribution in [2.24, 2.45) is 0 Å². The van der Waals surface area contributed by atoms with E-state index in [0.29, 0.717) is 0 Å². The van der Waals surface area contributed by atoms with Gasteiger partial charge >= 0.3 is 0 Å². The fourth-order valence-electron chi connectivity index (χ4n) is 1.82. The van der Waals surface area contributed by atoms with E-state index in [4.69, 9.17) is 0 Å². The Morgan fingerprint density at radius 1 is 1.47 bits per heavy atom. The maximum Gasteiger partial charge on any atom is 0.239 e. The maximum atomic E-state index is 11.8. The number of likely N-dealkylation sites (N-methyl/N-ethyl adjacent to an activating group) is 1. The molecule has 17 heavy (non-hydrogen) atoms. The van der Waals surface area contributed by atoms with Crippen LogP contribution in [0.2, 0.25) is 0 Å². The molecule has 2 amide bonds. The Bertz CT molecular complexity index is 265. The van der Waals surface area contributed by atoms with Gasteiger partial charge < -0.3 is 15.5 Å². The van der Waals surface area contributed by atoms with E-state index in [2.05, 4.69) is 10.6 Å². The minimum atomic E-state index is -0.108. The summed E-state index contributed by atoms with van der Waals surface area (Å²) in [5.74, 6) is -0.0970. The largest absolute Gasteiger partial charge is 0.352 e. The Morgan fingerprint density at radius 2 is 2.12 bits per heavy atom. The van der Waals surface area contributed by atoms with Gasteiger partial charge in [-0.15, -0.1) is 12.4 Å². The SMILES string of the molecule is CC(C)NC(=O)CN(C)C(=O)C1CCCN1.Cl. The highest BCUT2D eigenvalue weighted by Gasteiger charge is 2.25. The number of carbonyl (C=O) groups excluding carboxylic acids is 2. The molecule has 0 aliphatic carbocycles. The molecule has 5 nitrogen and oxygen atoms in total. The molecule has 1 rings (SSSR count). The molecule has 2 N–H and O–H groups in total. The summed E-state index contributed by atoms with van der Waals surface area (Å²) in [6.07, 6.45) is 1.90. The first-order valence-corrected chi connectivity index (χ1v) is 5.78. The second kappa shape index (κ2) is 7.50. The normalized spacial score (nSPS) is 18.7. The third-order valence-electron chi connectivity index (χ3n) is 2.57. The zero-order valence-electron chi connectivity index (χ0n) is 10.7. The summed E-state index contributed by atoms with van der Waals surface area (Å²) in [6, 6.07) is 0.0115. The Morgan fingerprint density at radius 3 is 2.59 bits per heavy atom. The Balaban J connectivity index is 0.00000256. The standard InChI is InChI=1S/C11H21N3O2.ClH/c1-8(2)13-10(15)7-14(3)11(16)9-5-4-6-12-9;/h8-9,12H,4-7H2,1-3H3,(H,13,15);1H. The quantitative estimate of drug-likeness (QED) is 0.759. The summed E-state index contributed by atoms with van der Waals surface area (Å²) >= 11 is 0. The Hall–Kier alpha value is -0.810. The minimum absolute atomic E-state index is 0. The van der Waals surface area contributed by atoms with E-state index in [0.717, 1.165) is 19.4 Å². The van der Waals surface area contributed by atoms with Crippen LogP contribution in [0.4, 0.5) is 0 Å². The number of amides is 2. The molecule has 1 aliphatic heterocycles. The molecule has 0 bridgehead atoms. The topological polar surface area (TPSA) is 61.4 Å². The van der Waals surface area contributed by atoms with Gasteiger partial charge in [-0.3, -0.25) is 9.59 Å². The molecule has 1 atom stereocenters. The van der Waals surface area contributed by atoms with Crippen LogP contribution in [0, 0.1) is 0 Å². The van der Waals surface area contributed by atoms with Crippen molar-refractivity contribution < 1.29 is 9.59 Å². The predicted octanol–water partition coefficient (Wildman–Crippen LogP) is 0.143. The number of rotatable bonds is 4. The van der Waals surface area contributed by atoms with Crippen molar-refractivity contribution in [3.05, 3.63) is 0 Å². The van der Waals surface area contributed by atoms with E-state index in [1.165, 1.54) is 4.90 Å². The van der Waals surface area contributed by atoms with Gasteiger partial charge in [-0.2, -0.15) is 0 Å². The first kappa shape index (κ1) is 16.2. The molecule has 1 aliphatic rings. The second-order valence-electron chi connectivity index (χ2n) is 4.57. The van der Waals surface area contributed by atoms with Crippen molar-refractivity contribution >= 4 is 24.2 Å². The molecule has 1 unspecified atom stereocenters. The average molecular weight is 264 g/mol. The average Bonchev–Trinajstić information content (AvgIpc) is 2.67. The van der Waals surface area contributed by atoms with E-state index >= 15 is 0 Å². The van der Waals surface area contributed by atoms with Crippen molar-refractivity contribution in [3.63, 3.8) is 0 Å². The third-order valence-corrected chi connectivity index (χ3v) is 2.57. The molecule has 0 aromatic rings. The summed E-state index contributed by atoms with van der Waals surface area (Å²) in [4.78, 5) is 24.8. The van der Waals surface area contributed by atoms with Crippen molar-refractivity contribution in [1.82, 2.24) is 15.5 Å².